The fourth-order valence-corrected chi connectivity index (χ4v) is 4.57. The van der Waals surface area contributed by atoms with Crippen LogP contribution < -0.4 is 0 Å². The highest BCUT2D eigenvalue weighted by Crippen LogP contribution is 2.44. The summed E-state index contributed by atoms with van der Waals surface area (Å²) in [6.07, 6.45) is 4.34. The fraction of sp³-hybridized carbons (Fsp3) is 0.409. The maximum absolute atomic E-state index is 13.5. The third-order valence-corrected chi connectivity index (χ3v) is 6.20. The highest BCUT2D eigenvalue weighted by molar-refractivity contribution is 5.92. The minimum absolute atomic E-state index is 0.0624. The van der Waals surface area contributed by atoms with E-state index in [9.17, 15) is 14.0 Å². The van der Waals surface area contributed by atoms with E-state index in [2.05, 4.69) is 4.98 Å². The molecule has 1 aromatic carbocycles. The lowest BCUT2D eigenvalue weighted by Gasteiger charge is -2.37. The number of likely N-dealkylation sites (N-methyl/N-ethyl adjacent to an activating group) is 1. The summed E-state index contributed by atoms with van der Waals surface area (Å²) >= 11 is 0. The van der Waals surface area contributed by atoms with Gasteiger partial charge < -0.3 is 9.80 Å². The van der Waals surface area contributed by atoms with Crippen molar-refractivity contribution in [1.29, 1.82) is 0 Å². The lowest BCUT2D eigenvalue weighted by atomic mass is 9.75. The van der Waals surface area contributed by atoms with E-state index >= 15 is 0 Å². The Bertz CT molecular complexity index is 878. The van der Waals surface area contributed by atoms with Crippen molar-refractivity contribution in [2.75, 3.05) is 20.1 Å². The standard InChI is InChI=1S/C22H24FN3O2/c1-25-18(14-16-5-4-6-17(23)13-16)15-22(21(25)28)8-11-26(12-9-22)20(27)19-7-2-3-10-24-19/h2-7,10,13,18H,8-9,11-12,14-15H2,1H3/t18-/m1/s1. The first-order valence-corrected chi connectivity index (χ1v) is 9.70. The second-order valence-electron chi connectivity index (χ2n) is 7.90. The molecule has 28 heavy (non-hydrogen) atoms. The van der Waals surface area contributed by atoms with E-state index in [1.165, 1.54) is 12.1 Å². The quantitative estimate of drug-likeness (QED) is 0.822. The molecule has 2 fully saturated rings. The van der Waals surface area contributed by atoms with Crippen LogP contribution in [0, 0.1) is 11.2 Å². The molecule has 1 atom stereocenters. The lowest BCUT2D eigenvalue weighted by Crippen LogP contribution is -2.46. The van der Waals surface area contributed by atoms with E-state index in [-0.39, 0.29) is 23.7 Å². The maximum atomic E-state index is 13.5. The molecule has 0 N–H and O–H groups in total. The van der Waals surface area contributed by atoms with Crippen LogP contribution in [0.5, 0.6) is 0 Å². The normalized spacial score (nSPS) is 21.4. The summed E-state index contributed by atoms with van der Waals surface area (Å²) < 4.78 is 13.5. The van der Waals surface area contributed by atoms with Crippen molar-refractivity contribution in [2.24, 2.45) is 5.41 Å². The minimum atomic E-state index is -0.409. The van der Waals surface area contributed by atoms with Gasteiger partial charge in [-0.1, -0.05) is 18.2 Å². The van der Waals surface area contributed by atoms with Gasteiger partial charge in [-0.05, 0) is 55.5 Å². The van der Waals surface area contributed by atoms with Crippen LogP contribution >= 0.6 is 0 Å². The topological polar surface area (TPSA) is 53.5 Å². The fourth-order valence-electron chi connectivity index (χ4n) is 4.57. The molecule has 6 heteroatoms. The smallest absolute Gasteiger partial charge is 0.272 e. The molecule has 2 aliphatic rings. The van der Waals surface area contributed by atoms with Crippen molar-refractivity contribution in [2.45, 2.75) is 31.7 Å². The lowest BCUT2D eigenvalue weighted by molar-refractivity contribution is -0.137. The summed E-state index contributed by atoms with van der Waals surface area (Å²) in [7, 11) is 1.84. The molecule has 0 unspecified atom stereocenters. The Balaban J connectivity index is 1.43. The van der Waals surface area contributed by atoms with Crippen LogP contribution in [0.2, 0.25) is 0 Å². The van der Waals surface area contributed by atoms with Crippen LogP contribution in [-0.2, 0) is 11.2 Å². The molecule has 1 spiro atoms. The zero-order valence-corrected chi connectivity index (χ0v) is 16.0. The molecule has 4 rings (SSSR count). The number of carbonyl (C=O) groups is 2. The molecule has 1 aromatic heterocycles. The van der Waals surface area contributed by atoms with Crippen LogP contribution in [0.3, 0.4) is 0 Å². The third kappa shape index (κ3) is 3.39. The number of hydrogen-bond acceptors (Lipinski definition) is 3. The van der Waals surface area contributed by atoms with E-state index < -0.39 is 5.41 Å². The number of amides is 2. The minimum Gasteiger partial charge on any atom is -0.342 e. The zero-order chi connectivity index (χ0) is 19.7. The number of piperidine rings is 1. The number of benzene rings is 1. The average Bonchev–Trinajstić information content (AvgIpc) is 2.93. The van der Waals surface area contributed by atoms with Gasteiger partial charge >= 0.3 is 0 Å². The predicted octanol–water partition coefficient (Wildman–Crippen LogP) is 2.92. The summed E-state index contributed by atoms with van der Waals surface area (Å²) in [6.45, 7) is 1.11. The molecule has 5 nitrogen and oxygen atoms in total. The number of halogens is 1. The van der Waals surface area contributed by atoms with E-state index in [0.717, 1.165) is 12.0 Å². The Hall–Kier alpha value is -2.76. The van der Waals surface area contributed by atoms with Crippen LogP contribution in [0.25, 0.3) is 0 Å². The van der Waals surface area contributed by atoms with Gasteiger partial charge in [0, 0.05) is 32.4 Å². The van der Waals surface area contributed by atoms with Gasteiger partial charge in [-0.2, -0.15) is 0 Å². The number of hydrogen-bond donors (Lipinski definition) is 0. The second kappa shape index (κ2) is 7.34. The van der Waals surface area contributed by atoms with Gasteiger partial charge in [0.25, 0.3) is 5.91 Å². The summed E-state index contributed by atoms with van der Waals surface area (Å²) in [5, 5.41) is 0. The van der Waals surface area contributed by atoms with Crippen molar-refractivity contribution in [1.82, 2.24) is 14.8 Å². The summed E-state index contributed by atoms with van der Waals surface area (Å²) in [6, 6.07) is 12.0. The van der Waals surface area contributed by atoms with Gasteiger partial charge in [0.2, 0.25) is 5.91 Å². The largest absolute Gasteiger partial charge is 0.342 e. The monoisotopic (exact) mass is 381 g/mol. The zero-order valence-electron chi connectivity index (χ0n) is 16.0. The Labute approximate surface area is 164 Å². The SMILES string of the molecule is CN1C(=O)C2(CCN(C(=O)c3ccccn3)CC2)C[C@H]1Cc1cccc(F)c1. The first-order valence-electron chi connectivity index (χ1n) is 9.70. The van der Waals surface area contributed by atoms with Crippen molar-refractivity contribution in [3.05, 3.63) is 65.7 Å². The maximum Gasteiger partial charge on any atom is 0.272 e. The highest BCUT2D eigenvalue weighted by atomic mass is 19.1. The number of rotatable bonds is 3. The first-order chi connectivity index (χ1) is 13.5. The van der Waals surface area contributed by atoms with Crippen LogP contribution in [0.1, 0.15) is 35.3 Å². The molecule has 2 aromatic rings. The average molecular weight is 381 g/mol. The Morgan fingerprint density at radius 3 is 2.68 bits per heavy atom. The number of likely N-dealkylation sites (tertiary alicyclic amines) is 2. The summed E-state index contributed by atoms with van der Waals surface area (Å²) in [4.78, 5) is 33.4. The van der Waals surface area contributed by atoms with Gasteiger partial charge in [0.15, 0.2) is 0 Å². The van der Waals surface area contributed by atoms with E-state index in [4.69, 9.17) is 0 Å². The predicted molar refractivity (Wildman–Crippen MR) is 103 cm³/mol. The van der Waals surface area contributed by atoms with Gasteiger partial charge in [0.1, 0.15) is 11.5 Å². The number of carbonyl (C=O) groups excluding carboxylic acids is 2. The number of pyridine rings is 1. The van der Waals surface area contributed by atoms with Crippen molar-refractivity contribution in [3.63, 3.8) is 0 Å². The van der Waals surface area contributed by atoms with Crippen molar-refractivity contribution in [3.8, 4) is 0 Å². The molecule has 0 saturated carbocycles. The highest BCUT2D eigenvalue weighted by Gasteiger charge is 2.51. The summed E-state index contributed by atoms with van der Waals surface area (Å²) in [5.41, 5.74) is 0.940. The second-order valence-corrected chi connectivity index (χ2v) is 7.90. The van der Waals surface area contributed by atoms with Gasteiger partial charge in [0.05, 0.1) is 5.41 Å². The van der Waals surface area contributed by atoms with Crippen molar-refractivity contribution < 1.29 is 14.0 Å². The molecule has 146 valence electrons. The Morgan fingerprint density at radius 1 is 1.21 bits per heavy atom. The van der Waals surface area contributed by atoms with Gasteiger partial charge in [-0.25, -0.2) is 4.39 Å². The Kier molecular flexibility index (Phi) is 4.87. The molecular weight excluding hydrogens is 357 g/mol. The third-order valence-electron chi connectivity index (χ3n) is 6.20. The molecular formula is C22H24FN3O2. The van der Waals surface area contributed by atoms with E-state index in [0.29, 0.717) is 38.0 Å². The molecule has 3 heterocycles. The first kappa shape index (κ1) is 18.6. The molecule has 2 saturated heterocycles. The molecule has 0 bridgehead atoms. The molecule has 0 radical (unpaired) electrons. The molecule has 2 amide bonds. The summed E-state index contributed by atoms with van der Waals surface area (Å²) in [5.74, 6) is -0.176. The van der Waals surface area contributed by atoms with Crippen LogP contribution in [0.4, 0.5) is 4.39 Å². The van der Waals surface area contributed by atoms with E-state index in [1.54, 1.807) is 35.4 Å². The molecule has 0 aliphatic carbocycles. The van der Waals surface area contributed by atoms with Gasteiger partial charge in [-0.15, -0.1) is 0 Å². The van der Waals surface area contributed by atoms with Crippen LogP contribution in [0.15, 0.2) is 48.7 Å². The number of nitrogens with zero attached hydrogens (tertiary/aromatic N) is 3. The molecule has 2 aliphatic heterocycles. The Morgan fingerprint density at radius 2 is 2.00 bits per heavy atom. The number of aromatic nitrogens is 1. The van der Waals surface area contributed by atoms with Gasteiger partial charge in [-0.3, -0.25) is 14.6 Å². The van der Waals surface area contributed by atoms with E-state index in [1.807, 2.05) is 18.0 Å². The van der Waals surface area contributed by atoms with Crippen LogP contribution in [-0.4, -0.2) is 52.8 Å². The van der Waals surface area contributed by atoms with Crippen molar-refractivity contribution >= 4 is 11.8 Å².